The van der Waals surface area contributed by atoms with Crippen LogP contribution < -0.4 is 9.47 Å². The van der Waals surface area contributed by atoms with Crippen LogP contribution in [0.1, 0.15) is 29.5 Å². The van der Waals surface area contributed by atoms with Gasteiger partial charge in [-0.05, 0) is 42.4 Å². The second-order valence-corrected chi connectivity index (χ2v) is 8.00. The normalized spacial score (nSPS) is 23.7. The molecule has 5 heteroatoms. The lowest BCUT2D eigenvalue weighted by Crippen LogP contribution is -2.34. The third-order valence-electron chi connectivity index (χ3n) is 5.67. The molecule has 4 aliphatic heterocycles. The Labute approximate surface area is 163 Å². The minimum atomic E-state index is -0.233. The van der Waals surface area contributed by atoms with Crippen molar-refractivity contribution in [2.75, 3.05) is 32.7 Å². The van der Waals surface area contributed by atoms with Crippen LogP contribution in [0.3, 0.4) is 0 Å². The zero-order chi connectivity index (χ0) is 18.3. The smallest absolute Gasteiger partial charge is 0.127 e. The molecule has 4 aliphatic rings. The first kappa shape index (κ1) is 17.1. The fourth-order valence-electron chi connectivity index (χ4n) is 4.31. The van der Waals surface area contributed by atoms with Crippen molar-refractivity contribution in [3.63, 3.8) is 0 Å². The number of hydrogen-bond donors (Lipinski definition) is 0. The summed E-state index contributed by atoms with van der Waals surface area (Å²) in [5.41, 5.74) is 4.63. The van der Waals surface area contributed by atoms with Crippen LogP contribution in [0.4, 0.5) is 5.69 Å². The van der Waals surface area contributed by atoms with E-state index in [9.17, 15) is 0 Å². The number of ether oxygens (including phenoxy) is 3. The second kappa shape index (κ2) is 6.88. The fraction of sp³-hybridized carbons (Fsp3) is 0.409. The molecule has 6 rings (SSSR count). The van der Waals surface area contributed by atoms with Crippen molar-refractivity contribution in [2.45, 2.75) is 24.7 Å². The number of benzene rings is 2. The van der Waals surface area contributed by atoms with Gasteiger partial charge in [-0.25, -0.2) is 4.99 Å². The molecule has 27 heavy (non-hydrogen) atoms. The molecular formula is C22H23NO3S. The molecular weight excluding hydrogens is 358 g/mol. The molecule has 4 nitrogen and oxygen atoms in total. The molecule has 1 unspecified atom stereocenters. The van der Waals surface area contributed by atoms with Crippen LogP contribution in [0.5, 0.6) is 11.5 Å². The van der Waals surface area contributed by atoms with Gasteiger partial charge in [0.05, 0.1) is 17.3 Å². The number of thioether (sulfide) groups is 1. The summed E-state index contributed by atoms with van der Waals surface area (Å²) in [5, 5.41) is 1.13. The molecule has 4 heterocycles. The van der Waals surface area contributed by atoms with E-state index in [1.165, 1.54) is 29.5 Å². The quantitative estimate of drug-likeness (QED) is 0.673. The van der Waals surface area contributed by atoms with E-state index in [2.05, 4.69) is 36.6 Å². The Bertz CT molecular complexity index is 899. The highest BCUT2D eigenvalue weighted by molar-refractivity contribution is 8.13. The molecule has 0 N–H and O–H groups in total. The number of rotatable bonds is 0. The summed E-state index contributed by atoms with van der Waals surface area (Å²) in [4.78, 5) is 4.87. The van der Waals surface area contributed by atoms with Crippen LogP contribution in [0.2, 0.25) is 0 Å². The fourth-order valence-corrected chi connectivity index (χ4v) is 5.12. The van der Waals surface area contributed by atoms with Gasteiger partial charge in [-0.15, -0.1) is 11.8 Å². The van der Waals surface area contributed by atoms with Crippen LogP contribution in [0, 0.1) is 0 Å². The minimum Gasteiger partial charge on any atom is -0.493 e. The summed E-state index contributed by atoms with van der Waals surface area (Å²) in [7, 11) is 0. The molecule has 1 fully saturated rings. The van der Waals surface area contributed by atoms with Crippen molar-refractivity contribution >= 4 is 22.5 Å². The summed E-state index contributed by atoms with van der Waals surface area (Å²) in [5.74, 6) is 1.92. The Hall–Kier alpha value is -1.98. The van der Waals surface area contributed by atoms with E-state index in [1.807, 2.05) is 6.07 Å². The predicted molar refractivity (Wildman–Crippen MR) is 109 cm³/mol. The van der Waals surface area contributed by atoms with Crippen LogP contribution >= 0.6 is 11.8 Å². The number of para-hydroxylation sites is 1. The summed E-state index contributed by atoms with van der Waals surface area (Å²) in [6.45, 7) is 3.40. The topological polar surface area (TPSA) is 40.0 Å². The van der Waals surface area contributed by atoms with E-state index in [-0.39, 0.29) is 5.41 Å². The summed E-state index contributed by atoms with van der Waals surface area (Å²) in [6, 6.07) is 12.8. The Morgan fingerprint density at radius 1 is 0.963 bits per heavy atom. The first-order chi connectivity index (χ1) is 13.3. The van der Waals surface area contributed by atoms with E-state index in [0.717, 1.165) is 48.5 Å². The second-order valence-electron chi connectivity index (χ2n) is 7.21. The molecule has 0 aliphatic carbocycles. The Morgan fingerprint density at radius 3 is 2.59 bits per heavy atom. The SMILES string of the molecule is C1CCOC1.CSC1=Nc2ccccc2C12COc1cc3c(cc12)CCO3. The maximum Gasteiger partial charge on any atom is 0.127 e. The minimum absolute atomic E-state index is 0.233. The third kappa shape index (κ3) is 2.67. The van der Waals surface area contributed by atoms with Gasteiger partial charge >= 0.3 is 0 Å². The lowest BCUT2D eigenvalue weighted by atomic mass is 9.77. The molecule has 2 aromatic rings. The van der Waals surface area contributed by atoms with Crippen LogP contribution in [-0.4, -0.2) is 37.7 Å². The highest BCUT2D eigenvalue weighted by Crippen LogP contribution is 2.54. The van der Waals surface area contributed by atoms with Crippen molar-refractivity contribution in [1.82, 2.24) is 0 Å². The van der Waals surface area contributed by atoms with Gasteiger partial charge < -0.3 is 14.2 Å². The molecule has 1 atom stereocenters. The van der Waals surface area contributed by atoms with Gasteiger partial charge in [-0.3, -0.25) is 0 Å². The van der Waals surface area contributed by atoms with E-state index in [1.54, 1.807) is 11.8 Å². The highest BCUT2D eigenvalue weighted by atomic mass is 32.2. The molecule has 1 spiro atoms. The van der Waals surface area contributed by atoms with Crippen LogP contribution in [0.25, 0.3) is 0 Å². The Kier molecular flexibility index (Phi) is 4.37. The summed E-state index contributed by atoms with van der Waals surface area (Å²) >= 11 is 1.72. The van der Waals surface area contributed by atoms with Gasteiger partial charge in [-0.2, -0.15) is 0 Å². The molecule has 0 radical (unpaired) electrons. The zero-order valence-corrected chi connectivity index (χ0v) is 16.3. The van der Waals surface area contributed by atoms with Gasteiger partial charge in [0.1, 0.15) is 23.5 Å². The molecule has 0 amide bonds. The lowest BCUT2D eigenvalue weighted by molar-refractivity contribution is 0.198. The molecule has 1 saturated heterocycles. The van der Waals surface area contributed by atoms with Gasteiger partial charge in [0.25, 0.3) is 0 Å². The Balaban J connectivity index is 0.000000280. The van der Waals surface area contributed by atoms with Crippen molar-refractivity contribution in [1.29, 1.82) is 0 Å². The van der Waals surface area contributed by atoms with Gasteiger partial charge in [0, 0.05) is 31.3 Å². The molecule has 0 bridgehead atoms. The largest absolute Gasteiger partial charge is 0.493 e. The van der Waals surface area contributed by atoms with Gasteiger partial charge in [0.15, 0.2) is 0 Å². The van der Waals surface area contributed by atoms with Crippen molar-refractivity contribution in [3.05, 3.63) is 53.1 Å². The maximum absolute atomic E-state index is 6.08. The standard InChI is InChI=1S/C18H15NO2S.C4H8O/c1-22-17-18(12-4-2-3-5-14(12)19-17)10-21-16-9-15-11(6-7-20-15)8-13(16)18;1-2-4-5-3-1/h2-5,8-9H,6-7,10H2,1H3;1-4H2. The molecule has 0 saturated carbocycles. The number of hydrogen-bond acceptors (Lipinski definition) is 5. The van der Waals surface area contributed by atoms with Gasteiger partial charge in [0.2, 0.25) is 0 Å². The van der Waals surface area contributed by atoms with Crippen LogP contribution in [-0.2, 0) is 16.6 Å². The molecule has 0 aromatic heterocycles. The van der Waals surface area contributed by atoms with Crippen molar-refractivity contribution < 1.29 is 14.2 Å². The van der Waals surface area contributed by atoms with E-state index in [4.69, 9.17) is 19.2 Å². The number of fused-ring (bicyclic) bond motifs is 5. The van der Waals surface area contributed by atoms with Crippen LogP contribution in [0.15, 0.2) is 41.4 Å². The van der Waals surface area contributed by atoms with E-state index < -0.39 is 0 Å². The van der Waals surface area contributed by atoms with Crippen molar-refractivity contribution in [2.24, 2.45) is 4.99 Å². The average molecular weight is 381 g/mol. The maximum atomic E-state index is 6.08. The molecule has 140 valence electrons. The van der Waals surface area contributed by atoms with E-state index >= 15 is 0 Å². The first-order valence-electron chi connectivity index (χ1n) is 9.56. The molecule has 2 aromatic carbocycles. The zero-order valence-electron chi connectivity index (χ0n) is 15.5. The highest BCUT2D eigenvalue weighted by Gasteiger charge is 2.51. The van der Waals surface area contributed by atoms with Crippen molar-refractivity contribution in [3.8, 4) is 11.5 Å². The lowest BCUT2D eigenvalue weighted by Gasteiger charge is -2.25. The Morgan fingerprint density at radius 2 is 1.81 bits per heavy atom. The summed E-state index contributed by atoms with van der Waals surface area (Å²) in [6.07, 6.45) is 5.63. The number of aliphatic imine (C=N–C) groups is 1. The summed E-state index contributed by atoms with van der Waals surface area (Å²) < 4.78 is 16.7. The average Bonchev–Trinajstić information content (AvgIpc) is 3.50. The van der Waals surface area contributed by atoms with Gasteiger partial charge in [-0.1, -0.05) is 18.2 Å². The third-order valence-corrected chi connectivity index (χ3v) is 6.49. The monoisotopic (exact) mass is 381 g/mol. The van der Waals surface area contributed by atoms with E-state index in [0.29, 0.717) is 6.61 Å². The first-order valence-corrected chi connectivity index (χ1v) is 10.8. The number of nitrogens with zero attached hydrogens (tertiary/aromatic N) is 1. The predicted octanol–water partition coefficient (Wildman–Crippen LogP) is 4.50.